The molecule has 0 unspecified atom stereocenters. The summed E-state index contributed by atoms with van der Waals surface area (Å²) in [6, 6.07) is 0. The monoisotopic (exact) mass is 437 g/mol. The highest BCUT2D eigenvalue weighted by atomic mass is 32.2. The molecule has 1 saturated heterocycles. The first kappa shape index (κ1) is 24.3. The molecule has 8 heteroatoms. The van der Waals surface area contributed by atoms with E-state index in [-0.39, 0.29) is 31.4 Å². The van der Waals surface area contributed by atoms with E-state index in [2.05, 4.69) is 5.32 Å². The molecule has 2 amide bonds. The Morgan fingerprint density at radius 1 is 0.833 bits per heavy atom. The van der Waals surface area contributed by atoms with Crippen molar-refractivity contribution in [3.05, 3.63) is 27.8 Å². The van der Waals surface area contributed by atoms with E-state index in [1.54, 1.807) is 25.7 Å². The molecule has 7 nitrogen and oxygen atoms in total. The van der Waals surface area contributed by atoms with Crippen molar-refractivity contribution in [3.63, 3.8) is 0 Å². The van der Waals surface area contributed by atoms with Crippen LogP contribution in [-0.2, 0) is 19.6 Å². The first-order chi connectivity index (χ1) is 13.7. The molecular formula is C22H35N3O4S. The van der Waals surface area contributed by atoms with Gasteiger partial charge in [0.25, 0.3) is 0 Å². The maximum absolute atomic E-state index is 13.4. The van der Waals surface area contributed by atoms with E-state index in [4.69, 9.17) is 0 Å². The van der Waals surface area contributed by atoms with Gasteiger partial charge in [-0.3, -0.25) is 9.59 Å². The van der Waals surface area contributed by atoms with Gasteiger partial charge in [0.2, 0.25) is 21.8 Å². The van der Waals surface area contributed by atoms with Crippen LogP contribution in [0, 0.1) is 40.0 Å². The topological polar surface area (TPSA) is 86.8 Å². The quantitative estimate of drug-likeness (QED) is 0.783. The molecule has 0 radical (unpaired) electrons. The summed E-state index contributed by atoms with van der Waals surface area (Å²) < 4.78 is 28.3. The molecule has 1 aromatic rings. The minimum absolute atomic E-state index is 0.0720. The third-order valence-electron chi connectivity index (χ3n) is 6.20. The Morgan fingerprint density at radius 2 is 1.27 bits per heavy atom. The molecule has 0 spiro atoms. The maximum atomic E-state index is 13.4. The van der Waals surface area contributed by atoms with Gasteiger partial charge >= 0.3 is 0 Å². The van der Waals surface area contributed by atoms with Crippen LogP contribution in [0.15, 0.2) is 4.90 Å². The van der Waals surface area contributed by atoms with Gasteiger partial charge in [0.1, 0.15) is 0 Å². The molecule has 1 heterocycles. The van der Waals surface area contributed by atoms with E-state index in [0.717, 1.165) is 27.8 Å². The number of carbonyl (C=O) groups is 2. The molecule has 0 saturated carbocycles. The lowest BCUT2D eigenvalue weighted by atomic mass is 9.95. The lowest BCUT2D eigenvalue weighted by Crippen LogP contribution is -2.53. The normalized spacial score (nSPS) is 15.9. The zero-order chi connectivity index (χ0) is 23.0. The number of amides is 2. The lowest BCUT2D eigenvalue weighted by Gasteiger charge is -2.35. The predicted molar refractivity (Wildman–Crippen MR) is 118 cm³/mol. The highest BCUT2D eigenvalue weighted by Gasteiger charge is 2.33. The molecule has 1 fully saturated rings. The summed E-state index contributed by atoms with van der Waals surface area (Å²) in [5.74, 6) is -0.382. The largest absolute Gasteiger partial charge is 0.347 e. The molecule has 1 aliphatic rings. The van der Waals surface area contributed by atoms with Crippen LogP contribution >= 0.6 is 0 Å². The van der Waals surface area contributed by atoms with Gasteiger partial charge in [-0.25, -0.2) is 8.42 Å². The Labute approximate surface area is 180 Å². The van der Waals surface area contributed by atoms with Crippen LogP contribution in [0.25, 0.3) is 0 Å². The first-order valence-corrected chi connectivity index (χ1v) is 11.8. The van der Waals surface area contributed by atoms with Crippen molar-refractivity contribution < 1.29 is 18.0 Å². The van der Waals surface area contributed by atoms with Crippen LogP contribution < -0.4 is 5.32 Å². The van der Waals surface area contributed by atoms with Crippen LogP contribution in [0.1, 0.15) is 48.6 Å². The van der Waals surface area contributed by atoms with Crippen molar-refractivity contribution >= 4 is 21.8 Å². The van der Waals surface area contributed by atoms with E-state index in [0.29, 0.717) is 18.0 Å². The van der Waals surface area contributed by atoms with Crippen molar-refractivity contribution in [2.75, 3.05) is 32.7 Å². The number of benzene rings is 1. The fourth-order valence-corrected chi connectivity index (χ4v) is 5.67. The maximum Gasteiger partial charge on any atom is 0.243 e. The minimum Gasteiger partial charge on any atom is -0.347 e. The summed E-state index contributed by atoms with van der Waals surface area (Å²) in [7, 11) is -3.65. The molecule has 1 aliphatic heterocycles. The van der Waals surface area contributed by atoms with Gasteiger partial charge in [-0.2, -0.15) is 4.31 Å². The van der Waals surface area contributed by atoms with Crippen LogP contribution in [0.3, 0.4) is 0 Å². The van der Waals surface area contributed by atoms with Crippen molar-refractivity contribution in [1.29, 1.82) is 0 Å². The van der Waals surface area contributed by atoms with Crippen LogP contribution in [0.5, 0.6) is 0 Å². The van der Waals surface area contributed by atoms with Crippen LogP contribution in [0.4, 0.5) is 0 Å². The second kappa shape index (κ2) is 8.67. The van der Waals surface area contributed by atoms with Gasteiger partial charge < -0.3 is 10.2 Å². The summed E-state index contributed by atoms with van der Waals surface area (Å²) in [5.41, 5.74) is 4.14. The molecule has 2 rings (SSSR count). The summed E-state index contributed by atoms with van der Waals surface area (Å²) in [6.07, 6.45) is 0. The Kier molecular flexibility index (Phi) is 7.03. The molecule has 0 aliphatic carbocycles. The smallest absolute Gasteiger partial charge is 0.243 e. The average molecular weight is 438 g/mol. The summed E-state index contributed by atoms with van der Waals surface area (Å²) in [5, 5.41) is 2.66. The Balaban J connectivity index is 2.12. The number of carbonyl (C=O) groups excluding carboxylic acids is 2. The molecule has 30 heavy (non-hydrogen) atoms. The molecule has 168 valence electrons. The van der Waals surface area contributed by atoms with E-state index in [1.165, 1.54) is 4.31 Å². The molecular weight excluding hydrogens is 402 g/mol. The van der Waals surface area contributed by atoms with Crippen molar-refractivity contribution in [2.45, 2.75) is 60.3 Å². The van der Waals surface area contributed by atoms with Gasteiger partial charge in [0.05, 0.1) is 11.4 Å². The molecule has 0 bridgehead atoms. The van der Waals surface area contributed by atoms with Crippen molar-refractivity contribution in [1.82, 2.24) is 14.5 Å². The number of hydrogen-bond acceptors (Lipinski definition) is 4. The van der Waals surface area contributed by atoms with Gasteiger partial charge in [-0.05, 0) is 62.4 Å². The third-order valence-corrected chi connectivity index (χ3v) is 8.38. The van der Waals surface area contributed by atoms with E-state index >= 15 is 0 Å². The fourth-order valence-electron chi connectivity index (χ4n) is 3.69. The van der Waals surface area contributed by atoms with Crippen molar-refractivity contribution in [2.24, 2.45) is 5.41 Å². The standard InChI is InChI=1S/C22H35N3O4S/c1-14-15(2)17(4)20(18(5)16(14)3)30(28,29)25-11-9-24(10-12-25)19(26)13-23-21(27)22(6,7)8/h9-13H2,1-8H3,(H,23,27). The number of hydrogen-bond donors (Lipinski definition) is 1. The highest BCUT2D eigenvalue weighted by molar-refractivity contribution is 7.89. The zero-order valence-electron chi connectivity index (χ0n) is 19.5. The SMILES string of the molecule is Cc1c(C)c(C)c(S(=O)(=O)N2CCN(C(=O)CNC(=O)C(C)(C)C)CC2)c(C)c1C. The van der Waals surface area contributed by atoms with Gasteiger partial charge in [-0.15, -0.1) is 0 Å². The summed E-state index contributed by atoms with van der Waals surface area (Å²) in [4.78, 5) is 26.4. The fraction of sp³-hybridized carbons (Fsp3) is 0.636. The number of piperazine rings is 1. The van der Waals surface area contributed by atoms with E-state index < -0.39 is 15.4 Å². The van der Waals surface area contributed by atoms with Gasteiger partial charge in [0, 0.05) is 31.6 Å². The highest BCUT2D eigenvalue weighted by Crippen LogP contribution is 2.31. The van der Waals surface area contributed by atoms with Gasteiger partial charge in [0.15, 0.2) is 0 Å². The average Bonchev–Trinajstić information content (AvgIpc) is 2.68. The number of nitrogens with one attached hydrogen (secondary N) is 1. The zero-order valence-corrected chi connectivity index (χ0v) is 20.3. The number of nitrogens with zero attached hydrogens (tertiary/aromatic N) is 2. The summed E-state index contributed by atoms with van der Waals surface area (Å²) >= 11 is 0. The number of rotatable bonds is 4. The Hall–Kier alpha value is -1.93. The Bertz CT molecular complexity index is 925. The molecule has 1 aromatic carbocycles. The molecule has 0 aromatic heterocycles. The van der Waals surface area contributed by atoms with E-state index in [1.807, 2.05) is 34.6 Å². The Morgan fingerprint density at radius 3 is 1.70 bits per heavy atom. The molecule has 1 N–H and O–H groups in total. The van der Waals surface area contributed by atoms with Crippen LogP contribution in [0.2, 0.25) is 0 Å². The molecule has 0 atom stereocenters. The number of sulfonamides is 1. The van der Waals surface area contributed by atoms with Crippen LogP contribution in [-0.4, -0.2) is 62.2 Å². The second-order valence-corrected chi connectivity index (χ2v) is 11.0. The second-order valence-electron chi connectivity index (χ2n) is 9.17. The minimum atomic E-state index is -3.65. The lowest BCUT2D eigenvalue weighted by molar-refractivity contribution is -0.135. The van der Waals surface area contributed by atoms with Gasteiger partial charge in [-0.1, -0.05) is 20.8 Å². The first-order valence-electron chi connectivity index (χ1n) is 10.3. The predicted octanol–water partition coefficient (Wildman–Crippen LogP) is 2.22. The van der Waals surface area contributed by atoms with E-state index in [9.17, 15) is 18.0 Å². The third kappa shape index (κ3) is 4.70. The summed E-state index contributed by atoms with van der Waals surface area (Å²) in [6.45, 7) is 16.0. The van der Waals surface area contributed by atoms with Crippen molar-refractivity contribution in [3.8, 4) is 0 Å².